The molecule has 0 bridgehead atoms. The van der Waals surface area contributed by atoms with Crippen LogP contribution < -0.4 is 21.1 Å². The zero-order chi connectivity index (χ0) is 22.1. The van der Waals surface area contributed by atoms with E-state index in [2.05, 4.69) is 40.7 Å². The van der Waals surface area contributed by atoms with Gasteiger partial charge in [-0.15, -0.1) is 24.0 Å². The van der Waals surface area contributed by atoms with Gasteiger partial charge in [0.1, 0.15) is 12.4 Å². The second-order valence-corrected chi connectivity index (χ2v) is 7.67. The Balaban J connectivity index is 0.00000363. The van der Waals surface area contributed by atoms with Gasteiger partial charge in [0, 0.05) is 30.8 Å². The Hall–Kier alpha value is -2.33. The topological polar surface area (TPSA) is 98.0 Å². The number of guanidine groups is 1. The first-order valence-corrected chi connectivity index (χ1v) is 10.8. The van der Waals surface area contributed by atoms with Crippen LogP contribution in [0, 0.1) is 6.92 Å². The minimum atomic E-state index is -0.439. The largest absolute Gasteiger partial charge is 0.491 e. The van der Waals surface area contributed by atoms with Crippen LogP contribution in [0.3, 0.4) is 0 Å². The van der Waals surface area contributed by atoms with E-state index in [1.54, 1.807) is 12.1 Å². The van der Waals surface area contributed by atoms with E-state index in [0.29, 0.717) is 31.2 Å². The summed E-state index contributed by atoms with van der Waals surface area (Å²) in [6.07, 6.45) is 2.32. The molecule has 8 heteroatoms. The molecule has 174 valence electrons. The Morgan fingerprint density at radius 3 is 2.81 bits per heavy atom. The fourth-order valence-corrected chi connectivity index (χ4v) is 3.41. The summed E-state index contributed by atoms with van der Waals surface area (Å²) in [5.74, 6) is 1.12. The fraction of sp³-hybridized carbons (Fsp3) is 0.417. The molecule has 0 saturated carbocycles. The summed E-state index contributed by atoms with van der Waals surface area (Å²) in [5, 5.41) is 6.62. The van der Waals surface area contributed by atoms with Crippen molar-refractivity contribution in [2.75, 3.05) is 19.8 Å². The number of hydrogen-bond acceptors (Lipinski definition) is 4. The molecule has 1 aliphatic rings. The van der Waals surface area contributed by atoms with Gasteiger partial charge in [0.15, 0.2) is 5.96 Å². The Bertz CT molecular complexity index is 914. The summed E-state index contributed by atoms with van der Waals surface area (Å²) in [6, 6.07) is 13.4. The first kappa shape index (κ1) is 25.9. The van der Waals surface area contributed by atoms with E-state index in [0.717, 1.165) is 48.4 Å². The van der Waals surface area contributed by atoms with Crippen molar-refractivity contribution in [2.24, 2.45) is 10.7 Å². The first-order valence-electron chi connectivity index (χ1n) is 10.8. The molecule has 2 aromatic rings. The number of ether oxygens (including phenoxy) is 2. The molecule has 7 nitrogen and oxygen atoms in total. The van der Waals surface area contributed by atoms with Gasteiger partial charge in [0.2, 0.25) is 5.91 Å². The number of primary amides is 1. The van der Waals surface area contributed by atoms with Gasteiger partial charge in [-0.2, -0.15) is 0 Å². The van der Waals surface area contributed by atoms with Gasteiger partial charge in [-0.25, -0.2) is 4.99 Å². The van der Waals surface area contributed by atoms with E-state index >= 15 is 0 Å². The molecule has 1 aliphatic heterocycles. The van der Waals surface area contributed by atoms with E-state index < -0.39 is 5.91 Å². The third kappa shape index (κ3) is 7.98. The minimum Gasteiger partial charge on any atom is -0.491 e. The third-order valence-corrected chi connectivity index (χ3v) is 5.09. The van der Waals surface area contributed by atoms with Crippen molar-refractivity contribution in [3.63, 3.8) is 0 Å². The maximum atomic E-state index is 11.4. The van der Waals surface area contributed by atoms with E-state index in [1.165, 1.54) is 0 Å². The van der Waals surface area contributed by atoms with E-state index in [9.17, 15) is 4.79 Å². The summed E-state index contributed by atoms with van der Waals surface area (Å²) < 4.78 is 11.8. The molecule has 0 radical (unpaired) electrons. The first-order chi connectivity index (χ1) is 15.0. The van der Waals surface area contributed by atoms with Crippen LogP contribution in [0.25, 0.3) is 0 Å². The molecule has 1 saturated heterocycles. The standard InChI is InChI=1S/C24H32N4O3.HI/c1-3-26-24(27-14-18-6-4-7-19(13-18)23(25)29)28-15-20-10-9-17(2)12-22(20)31-16-21-8-5-11-30-21;/h4,6-7,9-10,12-13,21H,3,5,8,11,14-16H2,1-2H3,(H2,25,29)(H2,26,27,28);1H. The lowest BCUT2D eigenvalue weighted by Gasteiger charge is -2.17. The maximum Gasteiger partial charge on any atom is 0.248 e. The van der Waals surface area contributed by atoms with Crippen LogP contribution in [0.1, 0.15) is 46.8 Å². The summed E-state index contributed by atoms with van der Waals surface area (Å²) >= 11 is 0. The smallest absolute Gasteiger partial charge is 0.248 e. The Morgan fingerprint density at radius 1 is 1.25 bits per heavy atom. The van der Waals surface area contributed by atoms with Crippen LogP contribution in [0.2, 0.25) is 0 Å². The number of carbonyl (C=O) groups excluding carboxylic acids is 1. The van der Waals surface area contributed by atoms with Crippen molar-refractivity contribution in [3.8, 4) is 5.75 Å². The van der Waals surface area contributed by atoms with Crippen molar-refractivity contribution in [3.05, 3.63) is 64.7 Å². The molecule has 1 amide bonds. The number of nitrogens with two attached hydrogens (primary N) is 1. The average Bonchev–Trinajstić information content (AvgIpc) is 3.29. The number of rotatable bonds is 9. The molecule has 0 aliphatic carbocycles. The van der Waals surface area contributed by atoms with Gasteiger partial charge >= 0.3 is 0 Å². The fourth-order valence-electron chi connectivity index (χ4n) is 3.41. The molecule has 2 aromatic carbocycles. The van der Waals surface area contributed by atoms with Crippen LogP contribution in [-0.2, 0) is 17.8 Å². The summed E-state index contributed by atoms with van der Waals surface area (Å²) in [4.78, 5) is 16.0. The molecule has 1 heterocycles. The maximum absolute atomic E-state index is 11.4. The van der Waals surface area contributed by atoms with E-state index in [4.69, 9.17) is 15.2 Å². The Morgan fingerprint density at radius 2 is 2.09 bits per heavy atom. The van der Waals surface area contributed by atoms with Crippen LogP contribution in [0.5, 0.6) is 5.75 Å². The molecule has 3 rings (SSSR count). The summed E-state index contributed by atoms with van der Waals surface area (Å²) in [6.45, 7) is 7.22. The molecule has 0 aromatic heterocycles. The van der Waals surface area contributed by atoms with Gasteiger partial charge in [0.25, 0.3) is 0 Å². The molecule has 1 atom stereocenters. The number of halogens is 1. The monoisotopic (exact) mass is 552 g/mol. The lowest BCUT2D eigenvalue weighted by Crippen LogP contribution is -2.37. The highest BCUT2D eigenvalue weighted by molar-refractivity contribution is 14.0. The SMILES string of the molecule is CCNC(=NCc1cccc(C(N)=O)c1)NCc1ccc(C)cc1OCC1CCCO1.I. The second-order valence-electron chi connectivity index (χ2n) is 7.67. The minimum absolute atomic E-state index is 0. The lowest BCUT2D eigenvalue weighted by atomic mass is 10.1. The predicted octanol–water partition coefficient (Wildman–Crippen LogP) is 3.53. The third-order valence-electron chi connectivity index (χ3n) is 5.09. The lowest BCUT2D eigenvalue weighted by molar-refractivity contribution is 0.0676. The molecule has 1 unspecified atom stereocenters. The number of nitrogens with zero attached hydrogens (tertiary/aromatic N) is 1. The number of aryl methyl sites for hydroxylation is 1. The summed E-state index contributed by atoms with van der Waals surface area (Å²) in [7, 11) is 0. The molecule has 4 N–H and O–H groups in total. The highest BCUT2D eigenvalue weighted by atomic mass is 127. The number of carbonyl (C=O) groups is 1. The number of nitrogens with one attached hydrogen (secondary N) is 2. The highest BCUT2D eigenvalue weighted by Crippen LogP contribution is 2.22. The van der Waals surface area contributed by atoms with Crippen molar-refractivity contribution < 1.29 is 14.3 Å². The Labute approximate surface area is 207 Å². The molecular weight excluding hydrogens is 519 g/mol. The van der Waals surface area contributed by atoms with Crippen molar-refractivity contribution in [1.29, 1.82) is 0 Å². The van der Waals surface area contributed by atoms with Crippen molar-refractivity contribution in [2.45, 2.75) is 45.9 Å². The van der Waals surface area contributed by atoms with Gasteiger partial charge in [-0.05, 0) is 56.0 Å². The quantitative estimate of drug-likeness (QED) is 0.251. The zero-order valence-electron chi connectivity index (χ0n) is 18.7. The normalized spacial score (nSPS) is 15.7. The number of hydrogen-bond donors (Lipinski definition) is 3. The van der Waals surface area contributed by atoms with E-state index in [-0.39, 0.29) is 30.1 Å². The number of amides is 1. The van der Waals surface area contributed by atoms with Gasteiger partial charge < -0.3 is 25.8 Å². The highest BCUT2D eigenvalue weighted by Gasteiger charge is 2.17. The molecular formula is C24H33IN4O3. The van der Waals surface area contributed by atoms with Crippen LogP contribution >= 0.6 is 24.0 Å². The molecule has 0 spiro atoms. The van der Waals surface area contributed by atoms with Crippen LogP contribution in [0.15, 0.2) is 47.5 Å². The average molecular weight is 552 g/mol. The molecule has 32 heavy (non-hydrogen) atoms. The van der Waals surface area contributed by atoms with Gasteiger partial charge in [-0.1, -0.05) is 24.3 Å². The van der Waals surface area contributed by atoms with Crippen LogP contribution in [0.4, 0.5) is 0 Å². The predicted molar refractivity (Wildman–Crippen MR) is 138 cm³/mol. The Kier molecular flexibility index (Phi) is 10.8. The molecule has 1 fully saturated rings. The van der Waals surface area contributed by atoms with Crippen molar-refractivity contribution >= 4 is 35.8 Å². The second kappa shape index (κ2) is 13.3. The number of benzene rings is 2. The zero-order valence-corrected chi connectivity index (χ0v) is 21.1. The summed E-state index contributed by atoms with van der Waals surface area (Å²) in [5.41, 5.74) is 8.99. The number of aliphatic imine (C=N–C) groups is 1. The van der Waals surface area contributed by atoms with Gasteiger partial charge in [-0.3, -0.25) is 4.79 Å². The van der Waals surface area contributed by atoms with Crippen molar-refractivity contribution in [1.82, 2.24) is 10.6 Å². The van der Waals surface area contributed by atoms with Gasteiger partial charge in [0.05, 0.1) is 12.6 Å². The van der Waals surface area contributed by atoms with Crippen LogP contribution in [-0.4, -0.2) is 37.7 Å². The van der Waals surface area contributed by atoms with E-state index in [1.807, 2.05) is 19.1 Å².